The van der Waals surface area contributed by atoms with Crippen molar-refractivity contribution in [2.75, 3.05) is 25.0 Å². The summed E-state index contributed by atoms with van der Waals surface area (Å²) in [4.78, 5) is 28.4. The highest BCUT2D eigenvalue weighted by Gasteiger charge is 2.27. The maximum atomic E-state index is 14.0. The Kier molecular flexibility index (Phi) is 7.04. The number of thiazole rings is 1. The van der Waals surface area contributed by atoms with Crippen LogP contribution < -0.4 is 20.1 Å². The number of halogens is 3. The molecule has 2 aromatic carbocycles. The molecule has 4 rings (SSSR count). The van der Waals surface area contributed by atoms with Gasteiger partial charge >= 0.3 is 0 Å². The van der Waals surface area contributed by atoms with Gasteiger partial charge in [0.15, 0.2) is 11.6 Å². The lowest BCUT2D eigenvalue weighted by atomic mass is 10.1. The van der Waals surface area contributed by atoms with Crippen molar-refractivity contribution in [3.8, 4) is 0 Å². The van der Waals surface area contributed by atoms with Gasteiger partial charge in [-0.2, -0.15) is 0 Å². The highest BCUT2D eigenvalue weighted by atomic mass is 32.1. The molecule has 2 heterocycles. The van der Waals surface area contributed by atoms with E-state index in [0.717, 1.165) is 43.1 Å². The molecule has 0 radical (unpaired) electrons. The Bertz CT molecular complexity index is 1420. The van der Waals surface area contributed by atoms with Crippen molar-refractivity contribution in [1.29, 1.82) is 0 Å². The molecule has 0 atom stereocenters. The maximum absolute atomic E-state index is 14.0. The van der Waals surface area contributed by atoms with Crippen LogP contribution >= 0.6 is 11.3 Å². The third-order valence-electron chi connectivity index (χ3n) is 5.84. The Balaban J connectivity index is 1.90. The monoisotopic (exact) mass is 487 g/mol. The average Bonchev–Trinajstić information content (AvgIpc) is 3.29. The molecule has 0 saturated heterocycles. The minimum absolute atomic E-state index is 0.226. The molecule has 178 valence electrons. The number of nitrogens with zero attached hydrogens (tertiary/aromatic N) is 2. The second-order valence-electron chi connectivity index (χ2n) is 7.95. The summed E-state index contributed by atoms with van der Waals surface area (Å²) in [5.41, 5.74) is 1.08. The van der Waals surface area contributed by atoms with E-state index in [0.29, 0.717) is 34.4 Å². The maximum Gasteiger partial charge on any atom is 0.269 e. The first-order valence-electron chi connectivity index (χ1n) is 11.1. The summed E-state index contributed by atoms with van der Waals surface area (Å²) in [6.07, 6.45) is 2.14. The Morgan fingerprint density at radius 3 is 2.50 bits per heavy atom. The van der Waals surface area contributed by atoms with Crippen LogP contribution in [0.3, 0.4) is 0 Å². The Morgan fingerprint density at radius 1 is 1.03 bits per heavy atom. The van der Waals surface area contributed by atoms with Gasteiger partial charge in [0.1, 0.15) is 10.5 Å². The highest BCUT2D eigenvalue weighted by Crippen LogP contribution is 2.30. The summed E-state index contributed by atoms with van der Waals surface area (Å²) in [6.45, 7) is 7.00. The zero-order chi connectivity index (χ0) is 24.4. The van der Waals surface area contributed by atoms with Crippen LogP contribution in [0.1, 0.15) is 31.4 Å². The Hall–Kier alpha value is -3.17. The molecule has 1 amide bonds. The SMILES string of the molecule is CCN(CC)CCCn1c(=O)/c(=C/c2ccc(F)c(F)c2)s/c1=C1/C(=O)Nc2ccc(F)cc21. The third kappa shape index (κ3) is 4.71. The normalized spacial score (nSPS) is 15.2. The van der Waals surface area contributed by atoms with Crippen molar-refractivity contribution in [3.63, 3.8) is 0 Å². The van der Waals surface area contributed by atoms with Gasteiger partial charge in [0.25, 0.3) is 11.5 Å². The number of aromatic nitrogens is 1. The van der Waals surface area contributed by atoms with E-state index in [4.69, 9.17) is 0 Å². The second-order valence-corrected chi connectivity index (χ2v) is 8.98. The molecule has 0 saturated carbocycles. The number of carbonyl (C=O) groups is 1. The number of rotatable bonds is 7. The van der Waals surface area contributed by atoms with Crippen LogP contribution in [0.2, 0.25) is 0 Å². The van der Waals surface area contributed by atoms with Gasteiger partial charge in [-0.1, -0.05) is 19.9 Å². The van der Waals surface area contributed by atoms with Crippen LogP contribution in [0.15, 0.2) is 41.2 Å². The van der Waals surface area contributed by atoms with Crippen LogP contribution in [-0.4, -0.2) is 35.0 Å². The van der Waals surface area contributed by atoms with Crippen LogP contribution in [0.5, 0.6) is 0 Å². The lowest BCUT2D eigenvalue weighted by molar-refractivity contribution is -0.110. The molecule has 0 aliphatic carbocycles. The van der Waals surface area contributed by atoms with Gasteiger partial charge in [-0.15, -0.1) is 11.3 Å². The van der Waals surface area contributed by atoms with Gasteiger partial charge < -0.3 is 10.2 Å². The number of benzene rings is 2. The molecule has 1 aromatic heterocycles. The summed E-state index contributed by atoms with van der Waals surface area (Å²) in [7, 11) is 0. The van der Waals surface area contributed by atoms with E-state index in [1.807, 2.05) is 0 Å². The van der Waals surface area contributed by atoms with Crippen molar-refractivity contribution in [1.82, 2.24) is 9.47 Å². The summed E-state index contributed by atoms with van der Waals surface area (Å²) in [6, 6.07) is 7.40. The Labute approximate surface area is 198 Å². The smallest absolute Gasteiger partial charge is 0.269 e. The molecule has 1 aliphatic heterocycles. The molecule has 34 heavy (non-hydrogen) atoms. The second kappa shape index (κ2) is 9.99. The molecule has 9 heteroatoms. The summed E-state index contributed by atoms with van der Waals surface area (Å²) < 4.78 is 43.2. The van der Waals surface area contributed by atoms with Crippen molar-refractivity contribution in [2.45, 2.75) is 26.8 Å². The van der Waals surface area contributed by atoms with Gasteiger partial charge in [0.2, 0.25) is 0 Å². The minimum Gasteiger partial charge on any atom is -0.321 e. The van der Waals surface area contributed by atoms with Crippen molar-refractivity contribution < 1.29 is 18.0 Å². The molecule has 0 bridgehead atoms. The number of amides is 1. The number of anilines is 1. The highest BCUT2D eigenvalue weighted by molar-refractivity contribution is 7.07. The fourth-order valence-corrected chi connectivity index (χ4v) is 5.20. The van der Waals surface area contributed by atoms with E-state index in [1.54, 1.807) is 0 Å². The number of hydrogen-bond acceptors (Lipinski definition) is 4. The molecule has 0 unspecified atom stereocenters. The number of hydrogen-bond donors (Lipinski definition) is 1. The summed E-state index contributed by atoms with van der Waals surface area (Å²) in [5.74, 6) is -2.90. The zero-order valence-corrected chi connectivity index (χ0v) is 19.6. The molecule has 0 fully saturated rings. The van der Waals surface area contributed by atoms with Gasteiger partial charge in [0, 0.05) is 17.8 Å². The molecular formula is C25H24F3N3O2S. The summed E-state index contributed by atoms with van der Waals surface area (Å²) >= 11 is 1.08. The molecule has 3 aromatic rings. The van der Waals surface area contributed by atoms with E-state index >= 15 is 0 Å². The fourth-order valence-electron chi connectivity index (χ4n) is 4.01. The zero-order valence-electron chi connectivity index (χ0n) is 18.8. The van der Waals surface area contributed by atoms with Crippen molar-refractivity contribution in [2.24, 2.45) is 0 Å². The Morgan fingerprint density at radius 2 is 1.79 bits per heavy atom. The van der Waals surface area contributed by atoms with Crippen LogP contribution in [0.25, 0.3) is 11.6 Å². The van der Waals surface area contributed by atoms with Crippen LogP contribution in [-0.2, 0) is 11.3 Å². The number of fused-ring (bicyclic) bond motifs is 1. The molecule has 5 nitrogen and oxygen atoms in total. The van der Waals surface area contributed by atoms with Crippen LogP contribution in [0, 0.1) is 17.5 Å². The molecule has 1 N–H and O–H groups in total. The molecule has 1 aliphatic rings. The largest absolute Gasteiger partial charge is 0.321 e. The van der Waals surface area contributed by atoms with E-state index in [1.165, 1.54) is 34.9 Å². The summed E-state index contributed by atoms with van der Waals surface area (Å²) in [5, 5.41) is 2.72. The third-order valence-corrected chi connectivity index (χ3v) is 6.97. The van der Waals surface area contributed by atoms with Gasteiger partial charge in [0.05, 0.1) is 10.1 Å². The molecule has 0 spiro atoms. The van der Waals surface area contributed by atoms with Crippen LogP contribution in [0.4, 0.5) is 18.9 Å². The quantitative estimate of drug-likeness (QED) is 0.558. The van der Waals surface area contributed by atoms with E-state index in [-0.39, 0.29) is 15.7 Å². The van der Waals surface area contributed by atoms with Crippen molar-refractivity contribution in [3.05, 3.63) is 84.5 Å². The predicted molar refractivity (Wildman–Crippen MR) is 128 cm³/mol. The van der Waals surface area contributed by atoms with E-state index < -0.39 is 23.4 Å². The number of carbonyl (C=O) groups excluding carboxylic acids is 1. The van der Waals surface area contributed by atoms with Gasteiger partial charge in [-0.3, -0.25) is 14.2 Å². The van der Waals surface area contributed by atoms with E-state index in [9.17, 15) is 22.8 Å². The van der Waals surface area contributed by atoms with Gasteiger partial charge in [-0.25, -0.2) is 13.2 Å². The topological polar surface area (TPSA) is 54.3 Å². The number of nitrogens with one attached hydrogen (secondary N) is 1. The van der Waals surface area contributed by atoms with Gasteiger partial charge in [-0.05, 0) is 68.0 Å². The average molecular weight is 488 g/mol. The standard InChI is InChI=1S/C25H24F3N3O2S/c1-3-30(4-2)10-5-11-31-24(33)21(13-15-6-8-18(27)19(28)12-15)34-25(31)22-17-14-16(26)7-9-20(17)29-23(22)32/h6-9,12-14H,3-5,10-11H2,1-2H3,(H,29,32)/b21-13-,25-22+. The first-order valence-corrected chi connectivity index (χ1v) is 11.9. The fraction of sp³-hybridized carbons (Fsp3) is 0.280. The first-order chi connectivity index (χ1) is 16.3. The lowest BCUT2D eigenvalue weighted by Crippen LogP contribution is -2.34. The predicted octanol–water partition coefficient (Wildman–Crippen LogP) is 3.04. The minimum atomic E-state index is -1.01. The first kappa shape index (κ1) is 24.0. The van der Waals surface area contributed by atoms with E-state index in [2.05, 4.69) is 24.1 Å². The molecular weight excluding hydrogens is 463 g/mol. The van der Waals surface area contributed by atoms with Crippen molar-refractivity contribution >= 4 is 34.6 Å². The lowest BCUT2D eigenvalue weighted by Gasteiger charge is -2.17.